The molecule has 0 aliphatic carbocycles. The minimum Gasteiger partial charge on any atom is -0.478 e. The zero-order valence-electron chi connectivity index (χ0n) is 17.9. The maximum Gasteiger partial charge on any atom is 0.335 e. The number of aromatic carboxylic acids is 1. The van der Waals surface area contributed by atoms with Crippen LogP contribution in [-0.4, -0.2) is 40.0 Å². The number of likely N-dealkylation sites (N-methyl/N-ethyl adjacent to an activating group) is 1. The van der Waals surface area contributed by atoms with Crippen LogP contribution in [-0.2, 0) is 16.0 Å². The molecule has 4 rings (SSSR count). The number of hydrogen-bond acceptors (Lipinski definition) is 5. The monoisotopic (exact) mass is 460 g/mol. The zero-order chi connectivity index (χ0) is 23.7. The van der Waals surface area contributed by atoms with Crippen LogP contribution in [0.4, 0.5) is 5.69 Å². The molecule has 0 spiro atoms. The lowest BCUT2D eigenvalue weighted by molar-refractivity contribution is -0.127. The summed E-state index contributed by atoms with van der Waals surface area (Å²) in [5.74, 6) is -1.28. The molecular weight excluding hydrogens is 440 g/mol. The van der Waals surface area contributed by atoms with Crippen LogP contribution in [0.3, 0.4) is 0 Å². The summed E-state index contributed by atoms with van der Waals surface area (Å²) in [6.45, 7) is 2.04. The van der Waals surface area contributed by atoms with Gasteiger partial charge >= 0.3 is 5.97 Å². The second-order valence-electron chi connectivity index (χ2n) is 7.45. The number of furan rings is 1. The Hall–Kier alpha value is -4.04. The van der Waals surface area contributed by atoms with Crippen molar-refractivity contribution in [1.82, 2.24) is 4.90 Å². The highest BCUT2D eigenvalue weighted by molar-refractivity contribution is 7.80. The molecule has 1 fully saturated rings. The van der Waals surface area contributed by atoms with E-state index in [0.29, 0.717) is 22.8 Å². The molecule has 1 N–H and O–H groups in total. The molecule has 2 amide bonds. The summed E-state index contributed by atoms with van der Waals surface area (Å²) in [6, 6.07) is 17.0. The third kappa shape index (κ3) is 4.20. The number of nitrogens with zero attached hydrogens (tertiary/aromatic N) is 2. The van der Waals surface area contributed by atoms with Crippen LogP contribution in [0.25, 0.3) is 17.4 Å². The Kier molecular flexibility index (Phi) is 5.93. The van der Waals surface area contributed by atoms with E-state index in [-0.39, 0.29) is 16.2 Å². The molecule has 1 saturated heterocycles. The van der Waals surface area contributed by atoms with Crippen LogP contribution < -0.4 is 4.90 Å². The van der Waals surface area contributed by atoms with Crippen molar-refractivity contribution in [3.63, 3.8) is 0 Å². The van der Waals surface area contributed by atoms with Crippen LogP contribution in [0, 0.1) is 0 Å². The van der Waals surface area contributed by atoms with E-state index in [1.807, 2.05) is 19.1 Å². The molecule has 0 atom stereocenters. The van der Waals surface area contributed by atoms with Gasteiger partial charge in [-0.05, 0) is 66.7 Å². The largest absolute Gasteiger partial charge is 0.478 e. The van der Waals surface area contributed by atoms with E-state index in [1.54, 1.807) is 36.4 Å². The molecular formula is C25H20N2O5S. The van der Waals surface area contributed by atoms with E-state index in [2.05, 4.69) is 0 Å². The molecule has 1 aliphatic heterocycles. The van der Waals surface area contributed by atoms with Crippen LogP contribution in [0.1, 0.15) is 28.6 Å². The summed E-state index contributed by atoms with van der Waals surface area (Å²) in [7, 11) is 1.52. The maximum atomic E-state index is 13.3. The van der Waals surface area contributed by atoms with Gasteiger partial charge in [0.25, 0.3) is 11.8 Å². The van der Waals surface area contributed by atoms with Gasteiger partial charge in [0.15, 0.2) is 5.11 Å². The molecule has 0 saturated carbocycles. The van der Waals surface area contributed by atoms with Crippen molar-refractivity contribution in [1.29, 1.82) is 0 Å². The van der Waals surface area contributed by atoms with E-state index in [4.69, 9.17) is 21.7 Å². The summed E-state index contributed by atoms with van der Waals surface area (Å²) >= 11 is 5.38. The average molecular weight is 461 g/mol. The Morgan fingerprint density at radius 3 is 2.27 bits per heavy atom. The number of thiocarbonyl (C=S) groups is 1. The number of hydrogen-bond donors (Lipinski definition) is 1. The second-order valence-corrected chi connectivity index (χ2v) is 7.81. The van der Waals surface area contributed by atoms with Gasteiger partial charge in [-0.25, -0.2) is 4.79 Å². The molecule has 8 heteroatoms. The Morgan fingerprint density at radius 2 is 1.67 bits per heavy atom. The first-order valence-electron chi connectivity index (χ1n) is 10.2. The number of carbonyl (C=O) groups is 3. The topological polar surface area (TPSA) is 91.1 Å². The predicted molar refractivity (Wildman–Crippen MR) is 128 cm³/mol. The fourth-order valence-corrected chi connectivity index (χ4v) is 3.72. The van der Waals surface area contributed by atoms with Crippen molar-refractivity contribution in [3.05, 3.63) is 83.1 Å². The lowest BCUT2D eigenvalue weighted by Crippen LogP contribution is -2.54. The van der Waals surface area contributed by atoms with Crippen molar-refractivity contribution >= 4 is 46.9 Å². The molecule has 1 aliphatic rings. The van der Waals surface area contributed by atoms with Crippen molar-refractivity contribution < 1.29 is 23.9 Å². The number of carbonyl (C=O) groups excluding carboxylic acids is 2. The van der Waals surface area contributed by atoms with Crippen molar-refractivity contribution in [3.8, 4) is 11.3 Å². The van der Waals surface area contributed by atoms with Crippen molar-refractivity contribution in [2.24, 2.45) is 0 Å². The quantitative estimate of drug-likeness (QED) is 0.345. The molecule has 33 heavy (non-hydrogen) atoms. The molecule has 2 heterocycles. The van der Waals surface area contributed by atoms with Crippen molar-refractivity contribution in [2.45, 2.75) is 13.3 Å². The smallest absolute Gasteiger partial charge is 0.335 e. The summed E-state index contributed by atoms with van der Waals surface area (Å²) in [6.07, 6.45) is 2.26. The number of carboxylic acids is 1. The predicted octanol–water partition coefficient (Wildman–Crippen LogP) is 4.38. The highest BCUT2D eigenvalue weighted by Crippen LogP contribution is 2.28. The highest BCUT2D eigenvalue weighted by atomic mass is 32.1. The second kappa shape index (κ2) is 8.84. The van der Waals surface area contributed by atoms with Crippen LogP contribution >= 0.6 is 12.2 Å². The molecule has 166 valence electrons. The van der Waals surface area contributed by atoms with Gasteiger partial charge in [0.1, 0.15) is 17.1 Å². The number of rotatable bonds is 5. The number of benzene rings is 2. The van der Waals surface area contributed by atoms with Gasteiger partial charge < -0.3 is 9.52 Å². The summed E-state index contributed by atoms with van der Waals surface area (Å²) in [5.41, 5.74) is 2.45. The minimum atomic E-state index is -1.02. The molecule has 2 aromatic carbocycles. The van der Waals surface area contributed by atoms with Gasteiger partial charge in [0.2, 0.25) is 0 Å². The number of anilines is 1. The number of aryl methyl sites for hydroxylation is 1. The number of carboxylic acid groups (broad SMARTS) is 1. The van der Waals surface area contributed by atoms with E-state index in [1.165, 1.54) is 35.1 Å². The SMILES string of the molecule is CCc1ccc(N2C(=O)/C(=C\c3ccc(-c4ccc(C(=O)O)cc4)o3)C(=O)N(C)C2=S)cc1. The zero-order valence-corrected chi connectivity index (χ0v) is 18.8. The Bertz CT molecular complexity index is 1290. The van der Waals surface area contributed by atoms with E-state index in [9.17, 15) is 14.4 Å². The van der Waals surface area contributed by atoms with Gasteiger partial charge in [-0.2, -0.15) is 0 Å². The Morgan fingerprint density at radius 1 is 1.00 bits per heavy atom. The van der Waals surface area contributed by atoms with E-state index in [0.717, 1.165) is 12.0 Å². The van der Waals surface area contributed by atoms with Gasteiger partial charge in [-0.3, -0.25) is 19.4 Å². The van der Waals surface area contributed by atoms with Crippen LogP contribution in [0.5, 0.6) is 0 Å². The Balaban J connectivity index is 1.66. The standard InChI is InChI=1S/C25H20N2O5S/c1-3-15-4-10-18(11-5-15)27-23(29)20(22(28)26(2)25(27)33)14-19-12-13-21(32-19)16-6-8-17(9-7-16)24(30)31/h4-14H,3H2,1-2H3,(H,30,31)/b20-14-. The van der Waals surface area contributed by atoms with Gasteiger partial charge in [0, 0.05) is 12.6 Å². The van der Waals surface area contributed by atoms with Crippen LogP contribution in [0.15, 0.2) is 70.7 Å². The molecule has 1 aromatic heterocycles. The van der Waals surface area contributed by atoms with E-state index >= 15 is 0 Å². The molecule has 7 nitrogen and oxygen atoms in total. The molecule has 0 radical (unpaired) electrons. The lowest BCUT2D eigenvalue weighted by atomic mass is 10.1. The summed E-state index contributed by atoms with van der Waals surface area (Å²) in [4.78, 5) is 39.7. The third-order valence-corrected chi connectivity index (χ3v) is 5.84. The lowest BCUT2D eigenvalue weighted by Gasteiger charge is -2.34. The molecule has 0 bridgehead atoms. The maximum absolute atomic E-state index is 13.3. The van der Waals surface area contributed by atoms with Gasteiger partial charge in [-0.15, -0.1) is 0 Å². The molecule has 3 aromatic rings. The first kappa shape index (κ1) is 22.2. The first-order chi connectivity index (χ1) is 15.8. The average Bonchev–Trinajstić information content (AvgIpc) is 3.30. The van der Waals surface area contributed by atoms with Crippen molar-refractivity contribution in [2.75, 3.05) is 11.9 Å². The van der Waals surface area contributed by atoms with Gasteiger partial charge in [-0.1, -0.05) is 31.2 Å². The number of amides is 2. The fraction of sp³-hybridized carbons (Fsp3) is 0.120. The summed E-state index contributed by atoms with van der Waals surface area (Å²) < 4.78 is 5.80. The highest BCUT2D eigenvalue weighted by Gasteiger charge is 2.38. The van der Waals surface area contributed by atoms with Crippen LogP contribution in [0.2, 0.25) is 0 Å². The third-order valence-electron chi connectivity index (χ3n) is 5.38. The normalized spacial score (nSPS) is 15.5. The first-order valence-corrected chi connectivity index (χ1v) is 10.6. The molecule has 0 unspecified atom stereocenters. The fourth-order valence-electron chi connectivity index (χ4n) is 3.45. The summed E-state index contributed by atoms with van der Waals surface area (Å²) in [5, 5.41) is 9.14. The Labute approximate surface area is 195 Å². The minimum absolute atomic E-state index is 0.0761. The van der Waals surface area contributed by atoms with Gasteiger partial charge in [0.05, 0.1) is 11.3 Å². The van der Waals surface area contributed by atoms with E-state index < -0.39 is 17.8 Å².